The molecule has 0 aliphatic carbocycles. The average molecular weight is 692 g/mol. The van der Waals surface area contributed by atoms with E-state index in [4.69, 9.17) is 29.9 Å². The van der Waals surface area contributed by atoms with E-state index in [1.54, 1.807) is 0 Å². The minimum Gasteiger partial charge on any atom is -0.324 e. The van der Waals surface area contributed by atoms with Crippen LogP contribution < -0.4 is 0 Å². The Labute approximate surface area is 278 Å². The maximum absolute atomic E-state index is 5.02. The van der Waals surface area contributed by atoms with Crippen LogP contribution in [0.15, 0.2) is 97.1 Å². The Morgan fingerprint density at radius 2 is 0.571 bits per heavy atom. The van der Waals surface area contributed by atoms with Gasteiger partial charge in [0, 0.05) is 85.1 Å². The number of hydrogen-bond donors (Lipinski definition) is 2. The van der Waals surface area contributed by atoms with Gasteiger partial charge in [-0.05, 0) is 0 Å². The van der Waals surface area contributed by atoms with E-state index in [-0.39, 0.29) is 53.7 Å². The Morgan fingerprint density at radius 1 is 0.333 bits per heavy atom. The van der Waals surface area contributed by atoms with E-state index in [0.29, 0.717) is 45.9 Å². The molecule has 9 rings (SSSR count). The minimum atomic E-state index is 0. The van der Waals surface area contributed by atoms with Crippen LogP contribution in [0.4, 0.5) is 0 Å². The molecule has 2 N–H and O–H groups in total. The Bertz CT molecular complexity index is 2040. The van der Waals surface area contributed by atoms with Crippen LogP contribution >= 0.6 is 12.4 Å². The first-order chi connectivity index (χ1) is 19.8. The van der Waals surface area contributed by atoms with E-state index in [0.717, 1.165) is 43.8 Å². The van der Waals surface area contributed by atoms with Crippen molar-refractivity contribution < 1.29 is 41.3 Å². The molecule has 0 spiro atoms. The summed E-state index contributed by atoms with van der Waals surface area (Å²) in [5.41, 5.74) is 6.45. The quantitative estimate of drug-likeness (QED) is 0.173. The number of halogens is 1. The number of hydrogen-bond acceptors (Lipinski definition) is 6. The summed E-state index contributed by atoms with van der Waals surface area (Å²) >= 11 is 0. The smallest absolute Gasteiger partial charge is 0.164 e. The number of nitrogens with zero attached hydrogens (tertiary/aromatic N) is 6. The van der Waals surface area contributed by atoms with Crippen LogP contribution in [0.5, 0.6) is 0 Å². The number of aromatic amines is 2. The zero-order valence-electron chi connectivity index (χ0n) is 21.9. The molecular weight excluding hydrogens is 673 g/mol. The second-order valence-electron chi connectivity index (χ2n) is 9.79. The van der Waals surface area contributed by atoms with Crippen molar-refractivity contribution in [2.45, 2.75) is 0 Å². The topological polar surface area (TPSA) is 109 Å². The van der Waals surface area contributed by atoms with Crippen molar-refractivity contribution in [1.82, 2.24) is 39.9 Å². The minimum absolute atomic E-state index is 0. The second-order valence-corrected chi connectivity index (χ2v) is 9.79. The van der Waals surface area contributed by atoms with Gasteiger partial charge >= 0.3 is 0 Å². The SMILES string of the molecule is Cl.[Pr].c1ccc2c(c1)-c1nc-2nc2[nH]c(nc3nc(nc4[nH]c(n1)c1ccccc41)-c1ccccc1-3)c1ccccc21. The van der Waals surface area contributed by atoms with E-state index in [1.807, 2.05) is 97.1 Å². The molecule has 0 atom stereocenters. The number of fused-ring (bicyclic) bond motifs is 20. The largest absolute Gasteiger partial charge is 0.324 e. The summed E-state index contributed by atoms with van der Waals surface area (Å²) in [6.45, 7) is 0. The molecule has 5 heterocycles. The number of nitrogens with one attached hydrogen (secondary N) is 2. The molecule has 4 aromatic carbocycles. The molecule has 3 aromatic heterocycles. The van der Waals surface area contributed by atoms with Crippen LogP contribution in [0, 0.1) is 41.3 Å². The maximum atomic E-state index is 5.02. The predicted octanol–water partition coefficient (Wildman–Crippen LogP) is 7.29. The van der Waals surface area contributed by atoms with Gasteiger partial charge in [-0.15, -0.1) is 12.4 Å². The van der Waals surface area contributed by atoms with Crippen molar-refractivity contribution in [3.8, 4) is 45.6 Å². The fraction of sp³-hybridized carbons (Fsp3) is 0. The van der Waals surface area contributed by atoms with Gasteiger partial charge in [0.1, 0.15) is 22.6 Å². The molecule has 0 saturated carbocycles. The van der Waals surface area contributed by atoms with Crippen molar-refractivity contribution in [1.29, 1.82) is 0 Å². The normalized spacial score (nSPS) is 11.4. The molecule has 42 heavy (non-hydrogen) atoms. The summed E-state index contributed by atoms with van der Waals surface area (Å²) in [7, 11) is 0. The monoisotopic (exact) mass is 691 g/mol. The summed E-state index contributed by atoms with van der Waals surface area (Å²) in [4.78, 5) is 36.8. The third-order valence-electron chi connectivity index (χ3n) is 7.46. The fourth-order valence-electron chi connectivity index (χ4n) is 5.59. The Kier molecular flexibility index (Phi) is 6.57. The molecular formula is C32H19ClN8Pr. The van der Waals surface area contributed by atoms with Gasteiger partial charge in [-0.3, -0.25) is 0 Å². The number of H-pyrrole nitrogens is 2. The molecule has 2 aliphatic rings. The van der Waals surface area contributed by atoms with E-state index in [1.165, 1.54) is 0 Å². The van der Waals surface area contributed by atoms with Gasteiger partial charge in [0.25, 0.3) is 0 Å². The van der Waals surface area contributed by atoms with Gasteiger partial charge in [0.15, 0.2) is 23.3 Å². The molecule has 0 unspecified atom stereocenters. The van der Waals surface area contributed by atoms with Crippen LogP contribution in [0.3, 0.4) is 0 Å². The molecule has 2 aliphatic heterocycles. The summed E-state index contributed by atoms with van der Waals surface area (Å²) in [6, 6.07) is 32.2. The van der Waals surface area contributed by atoms with Gasteiger partial charge in [-0.2, -0.15) is 0 Å². The summed E-state index contributed by atoms with van der Waals surface area (Å²) in [5.74, 6) is 2.39. The van der Waals surface area contributed by atoms with Gasteiger partial charge in [-0.1, -0.05) is 97.1 Å². The molecule has 8 bridgehead atoms. The van der Waals surface area contributed by atoms with Crippen LogP contribution in [0.1, 0.15) is 0 Å². The Hall–Kier alpha value is -4.11. The van der Waals surface area contributed by atoms with Crippen LogP contribution in [0.2, 0.25) is 0 Å². The van der Waals surface area contributed by atoms with Crippen molar-refractivity contribution >= 4 is 56.5 Å². The first-order valence-corrected chi connectivity index (χ1v) is 13.0. The second kappa shape index (κ2) is 10.3. The number of benzene rings is 4. The maximum Gasteiger partial charge on any atom is 0.164 e. The molecule has 10 heteroatoms. The zero-order chi connectivity index (χ0) is 26.2. The van der Waals surface area contributed by atoms with Gasteiger partial charge in [0.2, 0.25) is 0 Å². The van der Waals surface area contributed by atoms with Gasteiger partial charge in [-0.25, -0.2) is 29.9 Å². The molecule has 197 valence electrons. The zero-order valence-corrected chi connectivity index (χ0v) is 26.4. The van der Waals surface area contributed by atoms with Crippen molar-refractivity contribution in [2.24, 2.45) is 0 Å². The standard InChI is InChI=1S/C32H18N8.ClH.Pr/c1-2-10-18-17(9-1)25-33-26(18)38-28-21-13-5-6-14-22(21)30(35-28)40-32-24-16-8-7-15-23(24)31(36-32)39-29-20-12-4-3-11-19(20)27(34-29)37-25;;/h1-16H,(H2,33,34,35,36,37,38,39,40);1H;. The van der Waals surface area contributed by atoms with E-state index in [9.17, 15) is 0 Å². The Morgan fingerprint density at radius 3 is 0.833 bits per heavy atom. The molecule has 0 fully saturated rings. The van der Waals surface area contributed by atoms with E-state index < -0.39 is 0 Å². The first kappa shape index (κ1) is 26.8. The summed E-state index contributed by atoms with van der Waals surface area (Å²) in [6.07, 6.45) is 0. The molecule has 0 amide bonds. The fourth-order valence-corrected chi connectivity index (χ4v) is 5.59. The summed E-state index contributed by atoms with van der Waals surface area (Å²) in [5, 5.41) is 3.82. The van der Waals surface area contributed by atoms with Crippen LogP contribution in [-0.4, -0.2) is 39.9 Å². The average Bonchev–Trinajstić information content (AvgIpc) is 3.73. The number of aromatic nitrogens is 8. The molecule has 1 radical (unpaired) electrons. The molecule has 7 aromatic rings. The predicted molar refractivity (Wildman–Crippen MR) is 163 cm³/mol. The number of rotatable bonds is 0. The first-order valence-electron chi connectivity index (χ1n) is 13.0. The van der Waals surface area contributed by atoms with Crippen molar-refractivity contribution in [3.05, 3.63) is 97.1 Å². The summed E-state index contributed by atoms with van der Waals surface area (Å²) < 4.78 is 0. The van der Waals surface area contributed by atoms with Gasteiger partial charge in [0.05, 0.1) is 0 Å². The van der Waals surface area contributed by atoms with Gasteiger partial charge < -0.3 is 9.97 Å². The van der Waals surface area contributed by atoms with E-state index >= 15 is 0 Å². The third-order valence-corrected chi connectivity index (χ3v) is 7.46. The van der Waals surface area contributed by atoms with Crippen molar-refractivity contribution in [3.63, 3.8) is 0 Å². The Balaban J connectivity index is 0.00000144. The third kappa shape index (κ3) is 4.05. The van der Waals surface area contributed by atoms with Crippen molar-refractivity contribution in [2.75, 3.05) is 0 Å². The molecule has 8 nitrogen and oxygen atoms in total. The van der Waals surface area contributed by atoms with Crippen LogP contribution in [-0.2, 0) is 0 Å². The van der Waals surface area contributed by atoms with E-state index in [2.05, 4.69) is 9.97 Å². The molecule has 0 saturated heterocycles. The van der Waals surface area contributed by atoms with Crippen LogP contribution in [0.25, 0.3) is 89.7 Å².